The Morgan fingerprint density at radius 1 is 1.29 bits per heavy atom. The van der Waals surface area contributed by atoms with Crippen molar-refractivity contribution < 1.29 is 13.2 Å². The minimum atomic E-state index is -4.46. The number of hydrogen-bond acceptors (Lipinski definition) is 3. The predicted molar refractivity (Wildman–Crippen MR) is 75.1 cm³/mol. The fourth-order valence-corrected chi connectivity index (χ4v) is 1.75. The topological polar surface area (TPSA) is 42.2 Å². The van der Waals surface area contributed by atoms with E-state index in [0.717, 1.165) is 6.07 Å². The van der Waals surface area contributed by atoms with Gasteiger partial charge in [0.1, 0.15) is 5.52 Å². The molecule has 0 aliphatic heterocycles. The normalized spacial score (nSPS) is 14.4. The highest BCUT2D eigenvalue weighted by atomic mass is 19.4. The first-order chi connectivity index (χ1) is 9.59. The quantitative estimate of drug-likeness (QED) is 0.936. The van der Waals surface area contributed by atoms with E-state index in [1.165, 1.54) is 16.9 Å². The Morgan fingerprint density at radius 2 is 1.95 bits per heavy atom. The van der Waals surface area contributed by atoms with Crippen molar-refractivity contribution in [2.45, 2.75) is 33.9 Å². The molecule has 0 fully saturated rings. The molecule has 0 amide bonds. The highest BCUT2D eigenvalue weighted by molar-refractivity contribution is 5.67. The summed E-state index contributed by atoms with van der Waals surface area (Å²) >= 11 is 0. The van der Waals surface area contributed by atoms with Crippen molar-refractivity contribution in [3.8, 4) is 0 Å². The van der Waals surface area contributed by atoms with Gasteiger partial charge in [-0.05, 0) is 11.3 Å². The van der Waals surface area contributed by atoms with E-state index in [-0.39, 0.29) is 5.41 Å². The van der Waals surface area contributed by atoms with Crippen LogP contribution in [0, 0.1) is 11.3 Å². The van der Waals surface area contributed by atoms with Gasteiger partial charge in [0.2, 0.25) is 0 Å². The van der Waals surface area contributed by atoms with Gasteiger partial charge >= 0.3 is 6.18 Å². The molecule has 116 valence electrons. The molecule has 2 aromatic heterocycles. The maximum atomic E-state index is 12.7. The Balaban J connectivity index is 2.26. The van der Waals surface area contributed by atoms with Crippen LogP contribution in [0.1, 0.15) is 33.4 Å². The predicted octanol–water partition coefficient (Wildman–Crippen LogP) is 3.84. The second-order valence-electron chi connectivity index (χ2n) is 6.28. The fourth-order valence-electron chi connectivity index (χ4n) is 1.75. The monoisotopic (exact) mass is 300 g/mol. The Labute approximate surface area is 121 Å². The molecule has 4 nitrogen and oxygen atoms in total. The molecule has 2 rings (SSSR count). The van der Waals surface area contributed by atoms with E-state index in [0.29, 0.717) is 23.8 Å². The largest absolute Gasteiger partial charge is 0.435 e. The number of alkyl halides is 3. The standard InChI is InChI=1S/C14H19F3N4/c1-9(13(2,3)4)8-19-12-10-7-11(14(15,16)17)20-21(10)6-5-18-12/h5-7,9H,8H2,1-4H3,(H,18,19). The van der Waals surface area contributed by atoms with Crippen LogP contribution < -0.4 is 5.32 Å². The third kappa shape index (κ3) is 3.46. The average molecular weight is 300 g/mol. The lowest BCUT2D eigenvalue weighted by molar-refractivity contribution is -0.141. The summed E-state index contributed by atoms with van der Waals surface area (Å²) in [6.45, 7) is 9.07. The van der Waals surface area contributed by atoms with Gasteiger partial charge in [0.25, 0.3) is 0 Å². The van der Waals surface area contributed by atoms with Gasteiger partial charge < -0.3 is 5.32 Å². The number of rotatable bonds is 3. The highest BCUT2D eigenvalue weighted by Gasteiger charge is 2.34. The van der Waals surface area contributed by atoms with Crippen LogP contribution >= 0.6 is 0 Å². The molecule has 0 saturated heterocycles. The molecule has 0 aliphatic rings. The van der Waals surface area contributed by atoms with Crippen LogP contribution in [0.15, 0.2) is 18.5 Å². The zero-order valence-corrected chi connectivity index (χ0v) is 12.5. The zero-order chi connectivity index (χ0) is 15.8. The van der Waals surface area contributed by atoms with E-state index >= 15 is 0 Å². The van der Waals surface area contributed by atoms with E-state index in [9.17, 15) is 13.2 Å². The van der Waals surface area contributed by atoms with Gasteiger partial charge in [0.05, 0.1) is 0 Å². The first-order valence-electron chi connectivity index (χ1n) is 6.74. The maximum Gasteiger partial charge on any atom is 0.435 e. The van der Waals surface area contributed by atoms with Crippen molar-refractivity contribution in [3.63, 3.8) is 0 Å². The number of nitrogens with zero attached hydrogens (tertiary/aromatic N) is 3. The number of fused-ring (bicyclic) bond motifs is 1. The third-order valence-corrected chi connectivity index (χ3v) is 3.73. The SMILES string of the molecule is CC(CNc1nccn2nc(C(F)(F)F)cc12)C(C)(C)C. The summed E-state index contributed by atoms with van der Waals surface area (Å²) in [6.07, 6.45) is -1.62. The van der Waals surface area contributed by atoms with E-state index in [2.05, 4.69) is 43.1 Å². The summed E-state index contributed by atoms with van der Waals surface area (Å²) < 4.78 is 39.3. The number of hydrogen-bond donors (Lipinski definition) is 1. The molecule has 0 saturated carbocycles. The lowest BCUT2D eigenvalue weighted by atomic mass is 9.82. The highest BCUT2D eigenvalue weighted by Crippen LogP contribution is 2.30. The van der Waals surface area contributed by atoms with Crippen LogP contribution in [-0.2, 0) is 6.18 Å². The second-order valence-corrected chi connectivity index (χ2v) is 6.28. The molecule has 0 bridgehead atoms. The molecule has 2 heterocycles. The molecule has 0 radical (unpaired) electrons. The zero-order valence-electron chi connectivity index (χ0n) is 12.5. The molecule has 1 unspecified atom stereocenters. The molecule has 21 heavy (non-hydrogen) atoms. The summed E-state index contributed by atoms with van der Waals surface area (Å²) in [6, 6.07) is 1.01. The molecule has 0 spiro atoms. The van der Waals surface area contributed by atoms with Crippen molar-refractivity contribution in [1.29, 1.82) is 0 Å². The minimum Gasteiger partial charge on any atom is -0.368 e. The van der Waals surface area contributed by atoms with Gasteiger partial charge in [0, 0.05) is 25.0 Å². The van der Waals surface area contributed by atoms with Crippen molar-refractivity contribution in [2.75, 3.05) is 11.9 Å². The second kappa shape index (κ2) is 5.20. The number of aromatic nitrogens is 3. The molecule has 0 aliphatic carbocycles. The van der Waals surface area contributed by atoms with Crippen LogP contribution in [-0.4, -0.2) is 21.1 Å². The first kappa shape index (κ1) is 15.6. The first-order valence-corrected chi connectivity index (χ1v) is 6.74. The summed E-state index contributed by atoms with van der Waals surface area (Å²) in [5.74, 6) is 0.751. The maximum absolute atomic E-state index is 12.7. The van der Waals surface area contributed by atoms with Crippen molar-refractivity contribution in [3.05, 3.63) is 24.2 Å². The van der Waals surface area contributed by atoms with Crippen molar-refractivity contribution in [2.24, 2.45) is 11.3 Å². The van der Waals surface area contributed by atoms with Crippen molar-refractivity contribution >= 4 is 11.3 Å². The Bertz CT molecular complexity index is 625. The minimum absolute atomic E-state index is 0.107. The number of anilines is 1. The lowest BCUT2D eigenvalue weighted by Gasteiger charge is -2.27. The van der Waals surface area contributed by atoms with Gasteiger partial charge in [-0.1, -0.05) is 27.7 Å². The fraction of sp³-hybridized carbons (Fsp3) is 0.571. The molecular weight excluding hydrogens is 281 g/mol. The van der Waals surface area contributed by atoms with Crippen LogP contribution in [0.25, 0.3) is 5.52 Å². The van der Waals surface area contributed by atoms with E-state index in [4.69, 9.17) is 0 Å². The Morgan fingerprint density at radius 3 is 2.52 bits per heavy atom. The summed E-state index contributed by atoms with van der Waals surface area (Å²) in [5, 5.41) is 6.65. The Hall–Kier alpha value is -1.79. The molecule has 0 aromatic carbocycles. The van der Waals surface area contributed by atoms with E-state index in [1.807, 2.05) is 0 Å². The van der Waals surface area contributed by atoms with Crippen LogP contribution in [0.4, 0.5) is 19.0 Å². The molecule has 7 heteroatoms. The summed E-state index contributed by atoms with van der Waals surface area (Å²) in [7, 11) is 0. The number of halogens is 3. The molecule has 1 N–H and O–H groups in total. The van der Waals surface area contributed by atoms with E-state index in [1.54, 1.807) is 0 Å². The molecule has 1 atom stereocenters. The lowest BCUT2D eigenvalue weighted by Crippen LogP contribution is -2.25. The van der Waals surface area contributed by atoms with Gasteiger partial charge in [-0.2, -0.15) is 18.3 Å². The number of nitrogens with one attached hydrogen (secondary N) is 1. The third-order valence-electron chi connectivity index (χ3n) is 3.73. The smallest absolute Gasteiger partial charge is 0.368 e. The summed E-state index contributed by atoms with van der Waals surface area (Å²) in [5.41, 5.74) is -0.483. The molecular formula is C14H19F3N4. The van der Waals surface area contributed by atoms with Crippen LogP contribution in [0.5, 0.6) is 0 Å². The average Bonchev–Trinajstić information content (AvgIpc) is 2.78. The van der Waals surface area contributed by atoms with Crippen LogP contribution in [0.3, 0.4) is 0 Å². The van der Waals surface area contributed by atoms with Crippen LogP contribution in [0.2, 0.25) is 0 Å². The van der Waals surface area contributed by atoms with Gasteiger partial charge in [-0.25, -0.2) is 9.50 Å². The van der Waals surface area contributed by atoms with Crippen molar-refractivity contribution in [1.82, 2.24) is 14.6 Å². The Kier molecular flexibility index (Phi) is 3.86. The van der Waals surface area contributed by atoms with Gasteiger partial charge in [0.15, 0.2) is 11.5 Å². The van der Waals surface area contributed by atoms with Gasteiger partial charge in [-0.3, -0.25) is 0 Å². The van der Waals surface area contributed by atoms with Gasteiger partial charge in [-0.15, -0.1) is 0 Å². The van der Waals surface area contributed by atoms with E-state index < -0.39 is 11.9 Å². The molecule has 2 aromatic rings. The summed E-state index contributed by atoms with van der Waals surface area (Å²) in [4.78, 5) is 4.12.